The van der Waals surface area contributed by atoms with E-state index in [0.717, 1.165) is 17.1 Å². The van der Waals surface area contributed by atoms with Crippen LogP contribution in [0.15, 0.2) is 54.7 Å². The molecule has 3 rings (SSSR count). The van der Waals surface area contributed by atoms with Gasteiger partial charge in [-0.15, -0.1) is 0 Å². The molecule has 26 heavy (non-hydrogen) atoms. The standard InChI is InChI=1S/C19H19ClN4O2/c1-3-26-17-7-5-4-6-14(17)23-19-21-11-10-18(24-19)22-15-12-13(20)8-9-16(15)25-2/h4-12H,3H2,1-2H3,(H2,21,22,23,24). The highest BCUT2D eigenvalue weighted by atomic mass is 35.5. The molecule has 0 saturated carbocycles. The lowest BCUT2D eigenvalue weighted by atomic mass is 10.3. The molecule has 0 aliphatic carbocycles. The van der Waals surface area contributed by atoms with Crippen molar-refractivity contribution in [2.24, 2.45) is 0 Å². The Labute approximate surface area is 157 Å². The summed E-state index contributed by atoms with van der Waals surface area (Å²) >= 11 is 6.07. The number of hydrogen-bond acceptors (Lipinski definition) is 6. The molecule has 0 fully saturated rings. The number of anilines is 4. The fourth-order valence-corrected chi connectivity index (χ4v) is 2.55. The van der Waals surface area contributed by atoms with Crippen LogP contribution in [0.5, 0.6) is 11.5 Å². The highest BCUT2D eigenvalue weighted by molar-refractivity contribution is 6.31. The smallest absolute Gasteiger partial charge is 0.229 e. The average molecular weight is 371 g/mol. The van der Waals surface area contributed by atoms with E-state index in [0.29, 0.717) is 29.1 Å². The summed E-state index contributed by atoms with van der Waals surface area (Å²) < 4.78 is 11.0. The number of hydrogen-bond donors (Lipinski definition) is 2. The van der Waals surface area contributed by atoms with Crippen LogP contribution in [0.4, 0.5) is 23.1 Å². The van der Waals surface area contributed by atoms with E-state index < -0.39 is 0 Å². The molecule has 7 heteroatoms. The van der Waals surface area contributed by atoms with Crippen LogP contribution in [0, 0.1) is 0 Å². The number of halogens is 1. The van der Waals surface area contributed by atoms with Crippen molar-refractivity contribution >= 4 is 34.7 Å². The van der Waals surface area contributed by atoms with Crippen LogP contribution in [0.25, 0.3) is 0 Å². The number of rotatable bonds is 7. The minimum Gasteiger partial charge on any atom is -0.495 e. The van der Waals surface area contributed by atoms with Gasteiger partial charge in [-0.3, -0.25) is 0 Å². The monoisotopic (exact) mass is 370 g/mol. The lowest BCUT2D eigenvalue weighted by Crippen LogP contribution is -2.03. The summed E-state index contributed by atoms with van der Waals surface area (Å²) in [6.45, 7) is 2.52. The van der Waals surface area contributed by atoms with Crippen molar-refractivity contribution in [1.29, 1.82) is 0 Å². The molecule has 1 aromatic heterocycles. The minimum absolute atomic E-state index is 0.447. The Morgan fingerprint density at radius 1 is 1.00 bits per heavy atom. The zero-order valence-corrected chi connectivity index (χ0v) is 15.2. The van der Waals surface area contributed by atoms with E-state index in [1.165, 1.54) is 0 Å². The summed E-state index contributed by atoms with van der Waals surface area (Å²) in [4.78, 5) is 8.74. The van der Waals surface area contributed by atoms with Gasteiger partial charge in [-0.1, -0.05) is 23.7 Å². The van der Waals surface area contributed by atoms with Gasteiger partial charge in [-0.25, -0.2) is 4.98 Å². The van der Waals surface area contributed by atoms with Crippen LogP contribution in [-0.4, -0.2) is 23.7 Å². The van der Waals surface area contributed by atoms with Crippen molar-refractivity contribution in [3.8, 4) is 11.5 Å². The largest absolute Gasteiger partial charge is 0.495 e. The first-order valence-corrected chi connectivity index (χ1v) is 8.50. The Bertz CT molecular complexity index is 889. The minimum atomic E-state index is 0.447. The summed E-state index contributed by atoms with van der Waals surface area (Å²) in [5.41, 5.74) is 1.52. The summed E-state index contributed by atoms with van der Waals surface area (Å²) in [6, 6.07) is 14.7. The van der Waals surface area contributed by atoms with Gasteiger partial charge in [-0.05, 0) is 43.3 Å². The maximum absolute atomic E-state index is 6.07. The van der Waals surface area contributed by atoms with Crippen LogP contribution in [0.1, 0.15) is 6.92 Å². The van der Waals surface area contributed by atoms with E-state index in [4.69, 9.17) is 21.1 Å². The first-order valence-electron chi connectivity index (χ1n) is 8.12. The van der Waals surface area contributed by atoms with Crippen LogP contribution in [-0.2, 0) is 0 Å². The van der Waals surface area contributed by atoms with Crippen LogP contribution in [0.3, 0.4) is 0 Å². The summed E-state index contributed by atoms with van der Waals surface area (Å²) in [5, 5.41) is 6.98. The molecule has 0 unspecified atom stereocenters. The second kappa shape index (κ2) is 8.40. The van der Waals surface area contributed by atoms with E-state index in [1.807, 2.05) is 31.2 Å². The molecule has 0 saturated heterocycles. The quantitative estimate of drug-likeness (QED) is 0.608. The molecule has 0 aliphatic heterocycles. The van der Waals surface area contributed by atoms with Gasteiger partial charge in [0.2, 0.25) is 5.95 Å². The number of nitrogens with one attached hydrogen (secondary N) is 2. The van der Waals surface area contributed by atoms with Crippen LogP contribution in [0.2, 0.25) is 5.02 Å². The zero-order valence-electron chi connectivity index (χ0n) is 14.5. The Kier molecular flexibility index (Phi) is 5.76. The van der Waals surface area contributed by atoms with Gasteiger partial charge in [0.05, 0.1) is 25.1 Å². The lowest BCUT2D eigenvalue weighted by molar-refractivity contribution is 0.342. The first-order chi connectivity index (χ1) is 12.7. The Morgan fingerprint density at radius 3 is 2.65 bits per heavy atom. The molecule has 6 nitrogen and oxygen atoms in total. The van der Waals surface area contributed by atoms with Crippen LogP contribution < -0.4 is 20.1 Å². The summed E-state index contributed by atoms with van der Waals surface area (Å²) in [7, 11) is 1.60. The zero-order chi connectivity index (χ0) is 18.4. The molecule has 0 spiro atoms. The second-order valence-electron chi connectivity index (χ2n) is 5.29. The van der Waals surface area contributed by atoms with Crippen molar-refractivity contribution in [1.82, 2.24) is 9.97 Å². The molecule has 0 amide bonds. The van der Waals surface area contributed by atoms with Gasteiger partial charge in [0.15, 0.2) is 0 Å². The predicted molar refractivity (Wildman–Crippen MR) is 104 cm³/mol. The molecule has 2 aromatic carbocycles. The number of ether oxygens (including phenoxy) is 2. The molecule has 1 heterocycles. The second-order valence-corrected chi connectivity index (χ2v) is 5.73. The Morgan fingerprint density at radius 2 is 1.85 bits per heavy atom. The Hall–Kier alpha value is -2.99. The van der Waals surface area contributed by atoms with Gasteiger partial charge < -0.3 is 20.1 Å². The first kappa shape index (κ1) is 17.8. The number of para-hydroxylation sites is 2. The SMILES string of the molecule is CCOc1ccccc1Nc1nccc(Nc2cc(Cl)ccc2OC)n1. The van der Waals surface area contributed by atoms with Crippen molar-refractivity contribution in [3.05, 3.63) is 59.8 Å². The molecular formula is C19H19ClN4O2. The Balaban J connectivity index is 1.82. The molecule has 0 aliphatic rings. The highest BCUT2D eigenvalue weighted by Gasteiger charge is 2.08. The third-order valence-corrected chi connectivity index (χ3v) is 3.75. The third-order valence-electron chi connectivity index (χ3n) is 3.51. The summed E-state index contributed by atoms with van der Waals surface area (Å²) in [6.07, 6.45) is 1.66. The van der Waals surface area contributed by atoms with Crippen molar-refractivity contribution in [2.45, 2.75) is 6.92 Å². The van der Waals surface area contributed by atoms with Crippen LogP contribution >= 0.6 is 11.6 Å². The molecule has 3 aromatic rings. The maximum Gasteiger partial charge on any atom is 0.229 e. The topological polar surface area (TPSA) is 68.3 Å². The highest BCUT2D eigenvalue weighted by Crippen LogP contribution is 2.31. The van der Waals surface area contributed by atoms with Gasteiger partial charge in [0.25, 0.3) is 0 Å². The fourth-order valence-electron chi connectivity index (χ4n) is 2.38. The molecule has 134 valence electrons. The molecule has 0 atom stereocenters. The van der Waals surface area contributed by atoms with Crippen molar-refractivity contribution in [2.75, 3.05) is 24.4 Å². The molecule has 0 radical (unpaired) electrons. The van der Waals surface area contributed by atoms with E-state index in [1.54, 1.807) is 37.6 Å². The van der Waals surface area contributed by atoms with Crippen molar-refractivity contribution in [3.63, 3.8) is 0 Å². The lowest BCUT2D eigenvalue weighted by Gasteiger charge is -2.13. The fraction of sp³-hybridized carbons (Fsp3) is 0.158. The van der Waals surface area contributed by atoms with E-state index >= 15 is 0 Å². The van der Waals surface area contributed by atoms with Gasteiger partial charge in [0, 0.05) is 11.2 Å². The predicted octanol–water partition coefficient (Wildman–Crippen LogP) is 5.02. The molecule has 2 N–H and O–H groups in total. The number of benzene rings is 2. The van der Waals surface area contributed by atoms with Crippen molar-refractivity contribution < 1.29 is 9.47 Å². The molecular weight excluding hydrogens is 352 g/mol. The number of methoxy groups -OCH3 is 1. The van der Waals surface area contributed by atoms with Gasteiger partial charge >= 0.3 is 0 Å². The third kappa shape index (κ3) is 4.34. The average Bonchev–Trinajstić information content (AvgIpc) is 2.64. The molecule has 0 bridgehead atoms. The number of nitrogens with zero attached hydrogens (tertiary/aromatic N) is 2. The van der Waals surface area contributed by atoms with Gasteiger partial charge in [-0.2, -0.15) is 4.98 Å². The van der Waals surface area contributed by atoms with E-state index in [9.17, 15) is 0 Å². The summed E-state index contributed by atoms with van der Waals surface area (Å²) in [5.74, 6) is 2.47. The van der Waals surface area contributed by atoms with E-state index in [2.05, 4.69) is 20.6 Å². The maximum atomic E-state index is 6.07. The normalized spacial score (nSPS) is 10.3. The van der Waals surface area contributed by atoms with Gasteiger partial charge in [0.1, 0.15) is 17.3 Å². The van der Waals surface area contributed by atoms with E-state index in [-0.39, 0.29) is 0 Å². The number of aromatic nitrogens is 2.